The lowest BCUT2D eigenvalue weighted by atomic mass is 9.94. The topological polar surface area (TPSA) is 38.0 Å². The summed E-state index contributed by atoms with van der Waals surface area (Å²) in [6, 6.07) is 10.6. The van der Waals surface area contributed by atoms with Crippen LogP contribution in [0.4, 0.5) is 4.39 Å². The Labute approximate surface area is 123 Å². The summed E-state index contributed by atoms with van der Waals surface area (Å²) < 4.78 is 13.8. The smallest absolute Gasteiger partial charge is 0.126 e. The van der Waals surface area contributed by atoms with Crippen molar-refractivity contribution in [3.8, 4) is 0 Å². The Balaban J connectivity index is 2.33. The molecular formula is C16H18ClFN2. The van der Waals surface area contributed by atoms with E-state index in [1.54, 1.807) is 12.1 Å². The molecule has 0 saturated heterocycles. The maximum Gasteiger partial charge on any atom is 0.126 e. The average Bonchev–Trinajstić information content (AvgIpc) is 2.42. The van der Waals surface area contributed by atoms with Crippen molar-refractivity contribution < 1.29 is 4.39 Å². The van der Waals surface area contributed by atoms with E-state index in [1.165, 1.54) is 6.07 Å². The molecule has 0 aromatic heterocycles. The van der Waals surface area contributed by atoms with Crippen molar-refractivity contribution in [2.24, 2.45) is 5.84 Å². The lowest BCUT2D eigenvalue weighted by molar-refractivity contribution is 0.527. The van der Waals surface area contributed by atoms with Gasteiger partial charge in [0.1, 0.15) is 5.82 Å². The van der Waals surface area contributed by atoms with Gasteiger partial charge in [0.15, 0.2) is 0 Å². The fraction of sp³-hybridized carbons (Fsp3) is 0.250. The summed E-state index contributed by atoms with van der Waals surface area (Å²) in [6.45, 7) is 4.05. The van der Waals surface area contributed by atoms with Crippen LogP contribution in [0.15, 0.2) is 36.4 Å². The molecule has 0 aliphatic rings. The maximum atomic E-state index is 13.8. The minimum absolute atomic E-state index is 0.150. The molecule has 0 aliphatic carbocycles. The van der Waals surface area contributed by atoms with E-state index in [4.69, 9.17) is 17.4 Å². The molecule has 106 valence electrons. The molecule has 3 N–H and O–H groups in total. The van der Waals surface area contributed by atoms with Gasteiger partial charge in [-0.05, 0) is 55.2 Å². The van der Waals surface area contributed by atoms with Crippen LogP contribution >= 0.6 is 11.6 Å². The molecule has 0 saturated carbocycles. The zero-order valence-electron chi connectivity index (χ0n) is 11.6. The Kier molecular flexibility index (Phi) is 4.76. The van der Waals surface area contributed by atoms with Crippen molar-refractivity contribution in [2.75, 3.05) is 0 Å². The van der Waals surface area contributed by atoms with Gasteiger partial charge >= 0.3 is 0 Å². The minimum atomic E-state index is -0.264. The predicted molar refractivity (Wildman–Crippen MR) is 81.1 cm³/mol. The van der Waals surface area contributed by atoms with E-state index in [2.05, 4.69) is 11.5 Å². The number of rotatable bonds is 4. The van der Waals surface area contributed by atoms with Gasteiger partial charge < -0.3 is 0 Å². The molecule has 0 radical (unpaired) electrons. The molecule has 2 rings (SSSR count). The second-order valence-electron chi connectivity index (χ2n) is 5.02. The average molecular weight is 293 g/mol. The SMILES string of the molecule is Cc1ccc(C)c(C(Cc2cc(Cl)ccc2F)NN)c1. The standard InChI is InChI=1S/C16H18ClFN2/c1-10-3-4-11(2)14(7-10)16(20-19)9-12-8-13(17)5-6-15(12)18/h3-8,16,20H,9,19H2,1-2H3. The highest BCUT2D eigenvalue weighted by molar-refractivity contribution is 6.30. The van der Waals surface area contributed by atoms with Gasteiger partial charge in [-0.2, -0.15) is 0 Å². The highest BCUT2D eigenvalue weighted by Crippen LogP contribution is 2.25. The third kappa shape index (κ3) is 3.37. The minimum Gasteiger partial charge on any atom is -0.271 e. The van der Waals surface area contributed by atoms with E-state index < -0.39 is 0 Å². The first-order valence-electron chi connectivity index (χ1n) is 6.48. The van der Waals surface area contributed by atoms with Crippen LogP contribution in [0, 0.1) is 19.7 Å². The van der Waals surface area contributed by atoms with Gasteiger partial charge in [-0.1, -0.05) is 35.4 Å². The molecule has 20 heavy (non-hydrogen) atoms. The monoisotopic (exact) mass is 292 g/mol. The zero-order valence-corrected chi connectivity index (χ0v) is 12.3. The molecule has 0 heterocycles. The molecule has 0 fully saturated rings. The van der Waals surface area contributed by atoms with Gasteiger partial charge in [0.25, 0.3) is 0 Å². The summed E-state index contributed by atoms with van der Waals surface area (Å²) in [5, 5.41) is 0.526. The van der Waals surface area contributed by atoms with E-state index in [1.807, 2.05) is 26.0 Å². The van der Waals surface area contributed by atoms with Crippen molar-refractivity contribution in [3.63, 3.8) is 0 Å². The number of aryl methyl sites for hydroxylation is 2. The van der Waals surface area contributed by atoms with E-state index in [-0.39, 0.29) is 11.9 Å². The van der Waals surface area contributed by atoms with Crippen LogP contribution in [0.2, 0.25) is 5.02 Å². The summed E-state index contributed by atoms with van der Waals surface area (Å²) in [6.07, 6.45) is 0.452. The molecule has 4 heteroatoms. The zero-order chi connectivity index (χ0) is 14.7. The Morgan fingerprint density at radius 1 is 1.20 bits per heavy atom. The first-order chi connectivity index (χ1) is 9.51. The lowest BCUT2D eigenvalue weighted by Crippen LogP contribution is -2.30. The van der Waals surface area contributed by atoms with Crippen LogP contribution in [0.1, 0.15) is 28.3 Å². The molecule has 1 atom stereocenters. The molecule has 0 spiro atoms. The molecule has 1 unspecified atom stereocenters. The second kappa shape index (κ2) is 6.35. The number of hydrogen-bond acceptors (Lipinski definition) is 2. The van der Waals surface area contributed by atoms with Gasteiger partial charge in [-0.15, -0.1) is 0 Å². The normalized spacial score (nSPS) is 12.4. The number of hydrazine groups is 1. The third-order valence-corrected chi connectivity index (χ3v) is 3.68. The largest absolute Gasteiger partial charge is 0.271 e. The fourth-order valence-corrected chi connectivity index (χ4v) is 2.51. The van der Waals surface area contributed by atoms with Crippen molar-refractivity contribution in [1.82, 2.24) is 5.43 Å². The number of nitrogens with two attached hydrogens (primary N) is 1. The highest BCUT2D eigenvalue weighted by atomic mass is 35.5. The Morgan fingerprint density at radius 3 is 2.65 bits per heavy atom. The van der Waals surface area contributed by atoms with E-state index in [0.717, 1.165) is 16.7 Å². The van der Waals surface area contributed by atoms with Crippen LogP contribution in [-0.4, -0.2) is 0 Å². The third-order valence-electron chi connectivity index (χ3n) is 3.44. The highest BCUT2D eigenvalue weighted by Gasteiger charge is 2.15. The van der Waals surface area contributed by atoms with Crippen LogP contribution < -0.4 is 11.3 Å². The van der Waals surface area contributed by atoms with Gasteiger partial charge in [-0.3, -0.25) is 11.3 Å². The lowest BCUT2D eigenvalue weighted by Gasteiger charge is -2.19. The molecule has 0 amide bonds. The van der Waals surface area contributed by atoms with Crippen molar-refractivity contribution in [1.29, 1.82) is 0 Å². The quantitative estimate of drug-likeness (QED) is 0.664. The van der Waals surface area contributed by atoms with Crippen LogP contribution in [-0.2, 0) is 6.42 Å². The molecular weight excluding hydrogens is 275 g/mol. The number of benzene rings is 2. The van der Waals surface area contributed by atoms with Crippen LogP contribution in [0.5, 0.6) is 0 Å². The molecule has 0 aliphatic heterocycles. The van der Waals surface area contributed by atoms with Gasteiger partial charge in [0, 0.05) is 5.02 Å². The molecule has 2 aromatic carbocycles. The summed E-state index contributed by atoms with van der Waals surface area (Å²) in [4.78, 5) is 0. The number of halogens is 2. The van der Waals surface area contributed by atoms with Gasteiger partial charge in [-0.25, -0.2) is 4.39 Å². The fourth-order valence-electron chi connectivity index (χ4n) is 2.31. The summed E-state index contributed by atoms with van der Waals surface area (Å²) in [5.74, 6) is 5.39. The Bertz CT molecular complexity index is 613. The van der Waals surface area contributed by atoms with E-state index >= 15 is 0 Å². The van der Waals surface area contributed by atoms with Crippen molar-refractivity contribution in [3.05, 3.63) is 69.5 Å². The molecule has 2 nitrogen and oxygen atoms in total. The summed E-state index contributed by atoms with van der Waals surface area (Å²) in [7, 11) is 0. The van der Waals surface area contributed by atoms with Gasteiger partial charge in [0.2, 0.25) is 0 Å². The van der Waals surface area contributed by atoms with E-state index in [9.17, 15) is 4.39 Å². The molecule has 2 aromatic rings. The van der Waals surface area contributed by atoms with Crippen LogP contribution in [0.3, 0.4) is 0 Å². The van der Waals surface area contributed by atoms with Crippen molar-refractivity contribution in [2.45, 2.75) is 26.3 Å². The first kappa shape index (κ1) is 15.0. The Hall–Kier alpha value is -1.42. The predicted octanol–water partition coefficient (Wildman–Crippen LogP) is 3.84. The first-order valence-corrected chi connectivity index (χ1v) is 6.86. The van der Waals surface area contributed by atoms with Crippen LogP contribution in [0.25, 0.3) is 0 Å². The number of nitrogens with one attached hydrogen (secondary N) is 1. The summed E-state index contributed by atoms with van der Waals surface area (Å²) in [5.41, 5.74) is 6.68. The summed E-state index contributed by atoms with van der Waals surface area (Å²) >= 11 is 5.93. The van der Waals surface area contributed by atoms with Crippen molar-refractivity contribution >= 4 is 11.6 Å². The number of hydrogen-bond donors (Lipinski definition) is 2. The second-order valence-corrected chi connectivity index (χ2v) is 5.46. The maximum absolute atomic E-state index is 13.8. The van der Waals surface area contributed by atoms with Gasteiger partial charge in [0.05, 0.1) is 6.04 Å². The van der Waals surface area contributed by atoms with E-state index in [0.29, 0.717) is 17.0 Å². The Morgan fingerprint density at radius 2 is 1.95 bits per heavy atom. The molecule has 0 bridgehead atoms.